The Hall–Kier alpha value is -0.970. The number of ketones is 1. The molecule has 0 spiro atoms. The average Bonchev–Trinajstić information content (AvgIpc) is 2.17. The summed E-state index contributed by atoms with van der Waals surface area (Å²) in [6, 6.07) is 4.77. The first-order valence-corrected chi connectivity index (χ1v) is 6.01. The molecule has 1 aromatic carbocycles. The number of halogens is 3. The van der Waals surface area contributed by atoms with E-state index in [1.54, 1.807) is 12.1 Å². The molecular weight excluding hydrogens is 249 g/mol. The first-order valence-electron chi connectivity index (χ1n) is 5.19. The minimum Gasteiger partial charge on any atom is -0.300 e. The first-order chi connectivity index (χ1) is 7.83. The smallest absolute Gasteiger partial charge is 0.300 e. The van der Waals surface area contributed by atoms with Crippen LogP contribution in [-0.4, -0.2) is 11.3 Å². The predicted octanol–water partition coefficient (Wildman–Crippen LogP) is 3.99. The number of Topliss-reactive ketones (excluding diaryl/α,β-unsaturated/α-hetero) is 1. The summed E-state index contributed by atoms with van der Waals surface area (Å²) in [7, 11) is 0. The van der Waals surface area contributed by atoms with Gasteiger partial charge in [-0.05, 0) is 42.3 Å². The predicted molar refractivity (Wildman–Crippen MR) is 62.1 cm³/mol. The van der Waals surface area contributed by atoms with Crippen molar-refractivity contribution in [3.05, 3.63) is 29.3 Å². The van der Waals surface area contributed by atoms with E-state index in [4.69, 9.17) is 0 Å². The molecule has 0 aliphatic heterocycles. The summed E-state index contributed by atoms with van der Waals surface area (Å²) in [6.07, 6.45) is 0.678. The van der Waals surface area contributed by atoms with Crippen molar-refractivity contribution in [2.45, 2.75) is 37.1 Å². The molecule has 0 amide bonds. The lowest BCUT2D eigenvalue weighted by molar-refractivity contribution is -0.116. The van der Waals surface area contributed by atoms with Crippen LogP contribution in [0.25, 0.3) is 0 Å². The van der Waals surface area contributed by atoms with Gasteiger partial charge in [-0.1, -0.05) is 19.1 Å². The zero-order chi connectivity index (χ0) is 13.1. The van der Waals surface area contributed by atoms with Crippen LogP contribution in [-0.2, 0) is 17.6 Å². The Morgan fingerprint density at radius 3 is 2.47 bits per heavy atom. The summed E-state index contributed by atoms with van der Waals surface area (Å²) in [4.78, 5) is 11.2. The van der Waals surface area contributed by atoms with E-state index in [-0.39, 0.29) is 28.9 Å². The van der Waals surface area contributed by atoms with Crippen LogP contribution >= 0.6 is 11.8 Å². The average molecular weight is 262 g/mol. The van der Waals surface area contributed by atoms with Gasteiger partial charge in [-0.25, -0.2) is 0 Å². The molecule has 0 fully saturated rings. The first kappa shape index (κ1) is 14.1. The third-order valence-electron chi connectivity index (χ3n) is 2.26. The molecule has 0 aromatic heterocycles. The van der Waals surface area contributed by atoms with Gasteiger partial charge in [0.25, 0.3) is 0 Å². The molecule has 94 valence electrons. The van der Waals surface area contributed by atoms with E-state index in [1.165, 1.54) is 13.0 Å². The van der Waals surface area contributed by atoms with Gasteiger partial charge in [-0.15, -0.1) is 0 Å². The highest BCUT2D eigenvalue weighted by Gasteiger charge is 2.30. The van der Waals surface area contributed by atoms with Crippen molar-refractivity contribution in [3.8, 4) is 0 Å². The number of carbonyl (C=O) groups is 1. The molecule has 5 heteroatoms. The van der Waals surface area contributed by atoms with Crippen molar-refractivity contribution in [3.63, 3.8) is 0 Å². The molecule has 0 heterocycles. The highest BCUT2D eigenvalue weighted by atomic mass is 32.2. The maximum atomic E-state index is 12.4. The number of rotatable bonds is 4. The van der Waals surface area contributed by atoms with Crippen LogP contribution in [0.1, 0.15) is 25.0 Å². The maximum absolute atomic E-state index is 12.4. The van der Waals surface area contributed by atoms with Gasteiger partial charge in [0.2, 0.25) is 0 Å². The van der Waals surface area contributed by atoms with Crippen LogP contribution in [0.4, 0.5) is 13.2 Å². The van der Waals surface area contributed by atoms with Crippen LogP contribution < -0.4 is 0 Å². The lowest BCUT2D eigenvalue weighted by Crippen LogP contribution is -2.06. The largest absolute Gasteiger partial charge is 0.446 e. The Bertz CT molecular complexity index is 413. The second-order valence-electron chi connectivity index (χ2n) is 3.67. The molecule has 17 heavy (non-hydrogen) atoms. The van der Waals surface area contributed by atoms with Crippen molar-refractivity contribution < 1.29 is 18.0 Å². The zero-order valence-corrected chi connectivity index (χ0v) is 10.4. The highest BCUT2D eigenvalue weighted by Crippen LogP contribution is 2.39. The van der Waals surface area contributed by atoms with Crippen LogP contribution in [0.3, 0.4) is 0 Å². The second kappa shape index (κ2) is 5.58. The van der Waals surface area contributed by atoms with Gasteiger partial charge in [0.15, 0.2) is 0 Å². The lowest BCUT2D eigenvalue weighted by atomic mass is 10.0. The molecule has 0 aliphatic carbocycles. The molecule has 1 nitrogen and oxygen atoms in total. The lowest BCUT2D eigenvalue weighted by Gasteiger charge is -2.13. The Balaban J connectivity index is 3.14. The zero-order valence-electron chi connectivity index (χ0n) is 9.60. The molecule has 0 N–H and O–H groups in total. The van der Waals surface area contributed by atoms with E-state index in [2.05, 4.69) is 0 Å². The second-order valence-corrected chi connectivity index (χ2v) is 4.78. The molecule has 0 aliphatic rings. The summed E-state index contributed by atoms with van der Waals surface area (Å²) >= 11 is -0.153. The third-order valence-corrected chi connectivity index (χ3v) is 3.10. The molecule has 0 radical (unpaired) electrons. The summed E-state index contributed by atoms with van der Waals surface area (Å²) in [5.74, 6) is -0.130. The highest BCUT2D eigenvalue weighted by molar-refractivity contribution is 8.00. The number of thioether (sulfide) groups is 1. The molecular formula is C12H13F3OS. The van der Waals surface area contributed by atoms with Crippen LogP contribution in [0, 0.1) is 0 Å². The van der Waals surface area contributed by atoms with Crippen molar-refractivity contribution in [1.29, 1.82) is 0 Å². The van der Waals surface area contributed by atoms with Gasteiger partial charge in [-0.2, -0.15) is 13.2 Å². The number of hydrogen-bond donors (Lipinski definition) is 0. The van der Waals surface area contributed by atoms with Crippen LogP contribution in [0.2, 0.25) is 0 Å². The summed E-state index contributed by atoms with van der Waals surface area (Å²) in [5, 5.41) is 0. The minimum atomic E-state index is -4.32. The standard InChI is InChI=1S/C12H13F3OS/c1-3-9-5-4-6-11(17-12(13,14)15)10(9)7-8(2)16/h4-6H,3,7H2,1-2H3. The summed E-state index contributed by atoms with van der Waals surface area (Å²) in [5.41, 5.74) is -3.02. The number of carbonyl (C=O) groups excluding carboxylic acids is 1. The normalized spacial score (nSPS) is 11.6. The van der Waals surface area contributed by atoms with Gasteiger partial charge in [0, 0.05) is 11.3 Å². The monoisotopic (exact) mass is 262 g/mol. The van der Waals surface area contributed by atoms with E-state index >= 15 is 0 Å². The van der Waals surface area contributed by atoms with Crippen molar-refractivity contribution in [2.75, 3.05) is 0 Å². The molecule has 0 saturated heterocycles. The van der Waals surface area contributed by atoms with E-state index < -0.39 is 5.51 Å². The number of benzene rings is 1. The van der Waals surface area contributed by atoms with E-state index in [0.717, 1.165) is 5.56 Å². The molecule has 0 unspecified atom stereocenters. The topological polar surface area (TPSA) is 17.1 Å². The van der Waals surface area contributed by atoms with Crippen molar-refractivity contribution >= 4 is 17.5 Å². The molecule has 0 bridgehead atoms. The SMILES string of the molecule is CCc1cccc(SC(F)(F)F)c1CC(C)=O. The molecule has 1 aromatic rings. The van der Waals surface area contributed by atoms with E-state index in [1.807, 2.05) is 6.92 Å². The van der Waals surface area contributed by atoms with Gasteiger partial charge >= 0.3 is 5.51 Å². The number of alkyl halides is 3. The fourth-order valence-corrected chi connectivity index (χ4v) is 2.33. The van der Waals surface area contributed by atoms with Gasteiger partial charge in [0.1, 0.15) is 5.78 Å². The molecule has 0 saturated carbocycles. The van der Waals surface area contributed by atoms with Gasteiger partial charge in [-0.3, -0.25) is 4.79 Å². The number of aryl methyl sites for hydroxylation is 1. The fraction of sp³-hybridized carbons (Fsp3) is 0.417. The molecule has 0 atom stereocenters. The van der Waals surface area contributed by atoms with Crippen LogP contribution in [0.15, 0.2) is 23.1 Å². The molecule has 1 rings (SSSR count). The Labute approximate surface area is 102 Å². The van der Waals surface area contributed by atoms with Crippen molar-refractivity contribution in [2.24, 2.45) is 0 Å². The van der Waals surface area contributed by atoms with Gasteiger partial charge < -0.3 is 0 Å². The quantitative estimate of drug-likeness (QED) is 0.763. The maximum Gasteiger partial charge on any atom is 0.446 e. The van der Waals surface area contributed by atoms with Gasteiger partial charge in [0.05, 0.1) is 0 Å². The van der Waals surface area contributed by atoms with E-state index in [9.17, 15) is 18.0 Å². The Morgan fingerprint density at radius 2 is 2.00 bits per heavy atom. The summed E-state index contributed by atoms with van der Waals surface area (Å²) < 4.78 is 37.1. The van der Waals surface area contributed by atoms with E-state index in [0.29, 0.717) is 12.0 Å². The van der Waals surface area contributed by atoms with Crippen molar-refractivity contribution in [1.82, 2.24) is 0 Å². The van der Waals surface area contributed by atoms with Crippen LogP contribution in [0.5, 0.6) is 0 Å². The Kier molecular flexibility index (Phi) is 4.62. The minimum absolute atomic E-state index is 0.0580. The number of hydrogen-bond acceptors (Lipinski definition) is 2. The summed E-state index contributed by atoms with van der Waals surface area (Å²) in [6.45, 7) is 3.25. The Morgan fingerprint density at radius 1 is 1.35 bits per heavy atom. The fourth-order valence-electron chi connectivity index (χ4n) is 1.61. The third kappa shape index (κ3) is 4.42.